The predicted octanol–water partition coefficient (Wildman–Crippen LogP) is 4.55. The van der Waals surface area contributed by atoms with Crippen molar-refractivity contribution in [2.24, 2.45) is 5.10 Å². The fourth-order valence-electron chi connectivity index (χ4n) is 2.82. The summed E-state index contributed by atoms with van der Waals surface area (Å²) in [5.74, 6) is 1.34. The molecule has 2 N–H and O–H groups in total. The molecule has 144 valence electrons. The van der Waals surface area contributed by atoms with E-state index in [1.807, 2.05) is 72.8 Å². The van der Waals surface area contributed by atoms with Crippen LogP contribution in [0.5, 0.6) is 5.75 Å². The van der Waals surface area contributed by atoms with Crippen LogP contribution in [0.25, 0.3) is 28.9 Å². The van der Waals surface area contributed by atoms with E-state index < -0.39 is 0 Å². The smallest absolute Gasteiger partial charge is 0.216 e. The number of hydrogen-bond donors (Lipinski definition) is 2. The Kier molecular flexibility index (Phi) is 5.44. The molecule has 2 aromatic heterocycles. The second-order valence-electron chi connectivity index (χ2n) is 6.06. The van der Waals surface area contributed by atoms with Gasteiger partial charge in [0.05, 0.1) is 12.8 Å². The van der Waals surface area contributed by atoms with E-state index in [0.717, 1.165) is 22.6 Å². The maximum Gasteiger partial charge on any atom is 0.216 e. The van der Waals surface area contributed by atoms with Crippen LogP contribution in [0, 0.1) is 4.77 Å². The largest absolute Gasteiger partial charge is 0.496 e. The number of nitrogens with zero attached hydrogens (tertiary/aromatic N) is 4. The van der Waals surface area contributed by atoms with Gasteiger partial charge in [0.25, 0.3) is 0 Å². The third-order valence-corrected chi connectivity index (χ3v) is 4.49. The molecule has 4 aromatic rings. The summed E-state index contributed by atoms with van der Waals surface area (Å²) in [5.41, 5.74) is 3.50. The molecule has 0 spiro atoms. The Hall–Kier alpha value is -3.78. The number of hydrogen-bond acceptors (Lipinski definition) is 5. The maximum absolute atomic E-state index is 5.34. The highest BCUT2D eigenvalue weighted by Crippen LogP contribution is 2.22. The number of aromatic amines is 2. The van der Waals surface area contributed by atoms with Gasteiger partial charge in [-0.3, -0.25) is 5.10 Å². The number of ether oxygens (including phenoxy) is 1. The third-order valence-electron chi connectivity index (χ3n) is 4.22. The van der Waals surface area contributed by atoms with Gasteiger partial charge in [0.15, 0.2) is 0 Å². The number of para-hydroxylation sites is 1. The molecule has 0 aliphatic rings. The highest BCUT2D eigenvalue weighted by atomic mass is 32.1. The minimum Gasteiger partial charge on any atom is -0.496 e. The number of methoxy groups -OCH3 is 1. The Bertz CT molecular complexity index is 1220. The second-order valence-corrected chi connectivity index (χ2v) is 6.45. The van der Waals surface area contributed by atoms with Gasteiger partial charge in [-0.2, -0.15) is 20.0 Å². The fraction of sp³-hybridized carbons (Fsp3) is 0.0476. The Morgan fingerprint density at radius 2 is 1.83 bits per heavy atom. The first kappa shape index (κ1) is 18.6. The molecule has 8 heteroatoms. The van der Waals surface area contributed by atoms with E-state index in [4.69, 9.17) is 17.0 Å². The summed E-state index contributed by atoms with van der Waals surface area (Å²) in [7, 11) is 1.64. The average molecular weight is 402 g/mol. The van der Waals surface area contributed by atoms with Gasteiger partial charge in [0.1, 0.15) is 11.4 Å². The van der Waals surface area contributed by atoms with Crippen molar-refractivity contribution in [3.05, 3.63) is 77.1 Å². The quantitative estimate of drug-likeness (QED) is 0.366. The Morgan fingerprint density at radius 3 is 2.66 bits per heavy atom. The van der Waals surface area contributed by atoms with Crippen molar-refractivity contribution >= 4 is 24.5 Å². The first-order chi connectivity index (χ1) is 14.3. The van der Waals surface area contributed by atoms with Crippen LogP contribution in [0.1, 0.15) is 5.56 Å². The lowest BCUT2D eigenvalue weighted by atomic mass is 10.1. The van der Waals surface area contributed by atoms with Gasteiger partial charge >= 0.3 is 0 Å². The van der Waals surface area contributed by atoms with Crippen LogP contribution in [-0.2, 0) is 0 Å². The van der Waals surface area contributed by atoms with Crippen molar-refractivity contribution in [1.29, 1.82) is 0 Å². The van der Waals surface area contributed by atoms with E-state index in [0.29, 0.717) is 16.3 Å². The molecule has 0 unspecified atom stereocenters. The van der Waals surface area contributed by atoms with Crippen molar-refractivity contribution in [3.63, 3.8) is 0 Å². The van der Waals surface area contributed by atoms with E-state index in [2.05, 4.69) is 25.5 Å². The molecular formula is C21H18N6OS. The molecule has 0 atom stereocenters. The molecule has 0 saturated carbocycles. The summed E-state index contributed by atoms with van der Waals surface area (Å²) >= 11 is 5.31. The average Bonchev–Trinajstić information content (AvgIpc) is 3.39. The molecule has 0 aliphatic carbocycles. The summed E-state index contributed by atoms with van der Waals surface area (Å²) in [6.45, 7) is 0. The van der Waals surface area contributed by atoms with Gasteiger partial charge in [-0.05, 0) is 36.5 Å². The van der Waals surface area contributed by atoms with Crippen LogP contribution in [0.2, 0.25) is 0 Å². The second kappa shape index (κ2) is 8.49. The van der Waals surface area contributed by atoms with Crippen LogP contribution in [-0.4, -0.2) is 38.4 Å². The third kappa shape index (κ3) is 4.07. The van der Waals surface area contributed by atoms with Gasteiger partial charge < -0.3 is 4.74 Å². The molecule has 2 aromatic carbocycles. The van der Waals surface area contributed by atoms with Gasteiger partial charge in [-0.1, -0.05) is 48.5 Å². The van der Waals surface area contributed by atoms with Gasteiger partial charge in [-0.15, -0.1) is 0 Å². The molecule has 0 bridgehead atoms. The van der Waals surface area contributed by atoms with E-state index in [9.17, 15) is 0 Å². The zero-order valence-electron chi connectivity index (χ0n) is 15.6. The highest BCUT2D eigenvalue weighted by molar-refractivity contribution is 7.71. The van der Waals surface area contributed by atoms with Crippen LogP contribution < -0.4 is 4.74 Å². The van der Waals surface area contributed by atoms with Gasteiger partial charge in [-0.25, -0.2) is 5.10 Å². The molecular weight excluding hydrogens is 384 g/mol. The number of aromatic nitrogens is 5. The summed E-state index contributed by atoms with van der Waals surface area (Å²) in [5, 5.41) is 18.8. The first-order valence-corrected chi connectivity index (χ1v) is 9.30. The minimum atomic E-state index is 0.387. The lowest BCUT2D eigenvalue weighted by Crippen LogP contribution is -1.94. The molecule has 0 amide bonds. The first-order valence-electron chi connectivity index (χ1n) is 8.89. The lowest BCUT2D eigenvalue weighted by Gasteiger charge is -2.02. The number of H-pyrrole nitrogens is 2. The Morgan fingerprint density at radius 1 is 1.03 bits per heavy atom. The minimum absolute atomic E-state index is 0.387. The zero-order chi connectivity index (χ0) is 20.1. The Balaban J connectivity index is 1.58. The van der Waals surface area contributed by atoms with Crippen LogP contribution in [0.3, 0.4) is 0 Å². The van der Waals surface area contributed by atoms with Crippen molar-refractivity contribution in [2.75, 3.05) is 7.11 Å². The molecule has 0 saturated heterocycles. The predicted molar refractivity (Wildman–Crippen MR) is 116 cm³/mol. The highest BCUT2D eigenvalue weighted by Gasteiger charge is 2.12. The number of nitrogens with one attached hydrogen (secondary N) is 2. The van der Waals surface area contributed by atoms with Crippen molar-refractivity contribution in [1.82, 2.24) is 25.1 Å². The van der Waals surface area contributed by atoms with E-state index in [1.165, 1.54) is 0 Å². The van der Waals surface area contributed by atoms with E-state index >= 15 is 0 Å². The summed E-state index contributed by atoms with van der Waals surface area (Å²) in [6, 6.07) is 19.6. The van der Waals surface area contributed by atoms with Crippen molar-refractivity contribution in [2.45, 2.75) is 0 Å². The Labute approximate surface area is 172 Å². The monoisotopic (exact) mass is 402 g/mol. The summed E-state index contributed by atoms with van der Waals surface area (Å²) in [4.78, 5) is 0. The normalized spacial score (nSPS) is 11.5. The van der Waals surface area contributed by atoms with Crippen LogP contribution >= 0.6 is 12.2 Å². The molecule has 0 aliphatic heterocycles. The fourth-order valence-corrected chi connectivity index (χ4v) is 3.00. The standard InChI is InChI=1S/C21H18N6OS/c1-28-19-12-6-5-10-16(19)11-7-13-22-27-20(25-26-21(27)29)18-14-17(23-24-18)15-8-3-2-4-9-15/h2-14H,1H3,(H,23,24)(H,26,29)/b11-7+,22-13?. The van der Waals surface area contributed by atoms with Crippen molar-refractivity contribution < 1.29 is 4.74 Å². The number of allylic oxidation sites excluding steroid dienone is 1. The molecule has 0 radical (unpaired) electrons. The van der Waals surface area contributed by atoms with Gasteiger partial charge in [0.2, 0.25) is 10.6 Å². The van der Waals surface area contributed by atoms with Crippen LogP contribution in [0.15, 0.2) is 71.8 Å². The molecule has 0 fully saturated rings. The van der Waals surface area contributed by atoms with Crippen molar-refractivity contribution in [3.8, 4) is 28.5 Å². The van der Waals surface area contributed by atoms with Crippen LogP contribution in [0.4, 0.5) is 0 Å². The van der Waals surface area contributed by atoms with Gasteiger partial charge in [0, 0.05) is 17.3 Å². The number of rotatable bonds is 6. The maximum atomic E-state index is 5.34. The molecule has 29 heavy (non-hydrogen) atoms. The van der Waals surface area contributed by atoms with E-state index in [1.54, 1.807) is 18.0 Å². The summed E-state index contributed by atoms with van der Waals surface area (Å²) in [6.07, 6.45) is 5.38. The SMILES string of the molecule is COc1ccccc1/C=C/C=Nn1c(-c2cc(-c3ccccc3)n[nH]2)n[nH]c1=S. The zero-order valence-corrected chi connectivity index (χ0v) is 16.4. The lowest BCUT2D eigenvalue weighted by molar-refractivity contribution is 0.414. The molecule has 7 nitrogen and oxygen atoms in total. The molecule has 2 heterocycles. The van der Waals surface area contributed by atoms with E-state index in [-0.39, 0.29) is 0 Å². The topological polar surface area (TPSA) is 83.9 Å². The molecule has 4 rings (SSSR count). The summed E-state index contributed by atoms with van der Waals surface area (Å²) < 4.78 is 7.27. The number of benzene rings is 2.